The topological polar surface area (TPSA) is 23.8 Å². The van der Waals surface area contributed by atoms with Crippen LogP contribution in [0, 0.1) is 0 Å². The predicted octanol–water partition coefficient (Wildman–Crippen LogP) is -2.26. The first-order valence-corrected chi connectivity index (χ1v) is 7.80. The van der Waals surface area contributed by atoms with E-state index in [4.69, 9.17) is 5.73 Å². The molecule has 1 aliphatic carbocycles. The molecular formula is C11H22Cl2NSiV. The van der Waals surface area contributed by atoms with Crippen molar-refractivity contribution in [2.75, 3.05) is 0 Å². The van der Waals surface area contributed by atoms with Crippen LogP contribution in [-0.4, -0.2) is 14.3 Å². The maximum atomic E-state index is 6.94. The largest absolute Gasteiger partial charge is 3.00 e. The molecule has 0 heterocycles. The summed E-state index contributed by atoms with van der Waals surface area (Å²) in [6.45, 7) is 10.3. The molecule has 0 bridgehead atoms. The van der Waals surface area contributed by atoms with Crippen molar-refractivity contribution in [2.24, 2.45) is 0 Å². The van der Waals surface area contributed by atoms with Gasteiger partial charge in [-0.15, -0.1) is 5.54 Å². The standard InChI is InChI=1S/C7H12Si.C4H10N.2ClH.V/c1-8(2)7-5-3-4-6-7;1-4(2,3)5;;;/h3-5,8H,6H2,1-2H3;5H,1-3H3;2*1H;/q;-1;;;+3/p-2. The third-order valence-electron chi connectivity index (χ3n) is 1.54. The number of halogens is 2. The van der Waals surface area contributed by atoms with E-state index < -0.39 is 8.80 Å². The molecule has 0 aromatic carbocycles. The summed E-state index contributed by atoms with van der Waals surface area (Å²) >= 11 is 0. The molecule has 0 spiro atoms. The summed E-state index contributed by atoms with van der Waals surface area (Å²) in [5, 5.41) is 1.70. The van der Waals surface area contributed by atoms with Gasteiger partial charge in [0.2, 0.25) is 0 Å². The molecule has 0 fully saturated rings. The summed E-state index contributed by atoms with van der Waals surface area (Å²) in [7, 11) is -0.424. The number of nitrogens with one attached hydrogen (secondary N) is 1. The Morgan fingerprint density at radius 2 is 1.56 bits per heavy atom. The van der Waals surface area contributed by atoms with E-state index in [1.165, 1.54) is 6.42 Å². The molecular weight excluding hydrogens is 296 g/mol. The summed E-state index contributed by atoms with van der Waals surface area (Å²) in [6, 6.07) is 0. The second-order valence-corrected chi connectivity index (χ2v) is 7.83. The van der Waals surface area contributed by atoms with Crippen LogP contribution in [0.25, 0.3) is 5.73 Å². The smallest absolute Gasteiger partial charge is 1.00 e. The quantitative estimate of drug-likeness (QED) is 0.488. The van der Waals surface area contributed by atoms with Crippen LogP contribution in [0.5, 0.6) is 0 Å². The zero-order chi connectivity index (χ0) is 10.5. The third kappa shape index (κ3) is 20.3. The van der Waals surface area contributed by atoms with Gasteiger partial charge in [0.1, 0.15) is 0 Å². The second kappa shape index (κ2) is 12.3. The summed E-state index contributed by atoms with van der Waals surface area (Å²) in [5.74, 6) is 0. The Balaban J connectivity index is -0.0000000818. The van der Waals surface area contributed by atoms with Crippen molar-refractivity contribution in [1.29, 1.82) is 0 Å². The van der Waals surface area contributed by atoms with E-state index in [9.17, 15) is 0 Å². The van der Waals surface area contributed by atoms with Gasteiger partial charge in [-0.25, -0.2) is 0 Å². The molecule has 0 saturated heterocycles. The third-order valence-corrected chi connectivity index (χ3v) is 3.45. The Morgan fingerprint density at radius 1 is 1.19 bits per heavy atom. The van der Waals surface area contributed by atoms with Gasteiger partial charge in [0, 0.05) is 0 Å². The van der Waals surface area contributed by atoms with Gasteiger partial charge in [0.05, 0.1) is 8.80 Å². The molecule has 0 aliphatic heterocycles. The summed E-state index contributed by atoms with van der Waals surface area (Å²) in [6.07, 6.45) is 7.92. The van der Waals surface area contributed by atoms with Gasteiger partial charge in [0.15, 0.2) is 0 Å². The first kappa shape index (κ1) is 25.6. The monoisotopic (exact) mass is 317 g/mol. The molecule has 0 radical (unpaired) electrons. The number of rotatable bonds is 1. The van der Waals surface area contributed by atoms with Gasteiger partial charge >= 0.3 is 18.6 Å². The van der Waals surface area contributed by atoms with Crippen LogP contribution in [0.1, 0.15) is 27.2 Å². The first-order chi connectivity index (χ1) is 5.80. The van der Waals surface area contributed by atoms with Crippen LogP contribution in [0.15, 0.2) is 23.4 Å². The molecule has 94 valence electrons. The maximum absolute atomic E-state index is 6.94. The van der Waals surface area contributed by atoms with Gasteiger partial charge in [0.25, 0.3) is 0 Å². The maximum Gasteiger partial charge on any atom is 3.00 e. The molecule has 16 heavy (non-hydrogen) atoms. The molecule has 0 aromatic rings. The molecule has 0 unspecified atom stereocenters. The molecule has 1 aliphatic rings. The van der Waals surface area contributed by atoms with Crippen LogP contribution < -0.4 is 24.8 Å². The van der Waals surface area contributed by atoms with Crippen LogP contribution in [0.2, 0.25) is 13.1 Å². The number of allylic oxidation sites excluding steroid dienone is 4. The van der Waals surface area contributed by atoms with Crippen molar-refractivity contribution in [3.8, 4) is 0 Å². The number of hydrogen-bond donors (Lipinski definition) is 0. The Morgan fingerprint density at radius 3 is 1.69 bits per heavy atom. The molecule has 1 N–H and O–H groups in total. The Kier molecular flexibility index (Phi) is 19.7. The Labute approximate surface area is 127 Å². The average molecular weight is 318 g/mol. The molecule has 0 aromatic heterocycles. The first-order valence-electron chi connectivity index (χ1n) is 4.91. The summed E-state index contributed by atoms with van der Waals surface area (Å²) in [4.78, 5) is 0. The van der Waals surface area contributed by atoms with Crippen LogP contribution >= 0.6 is 0 Å². The van der Waals surface area contributed by atoms with Crippen molar-refractivity contribution in [3.63, 3.8) is 0 Å². The second-order valence-electron chi connectivity index (χ2n) is 4.78. The van der Waals surface area contributed by atoms with Gasteiger partial charge in [-0.3, -0.25) is 0 Å². The van der Waals surface area contributed by atoms with Crippen LogP contribution in [-0.2, 0) is 18.6 Å². The van der Waals surface area contributed by atoms with Gasteiger partial charge in [-0.1, -0.05) is 57.3 Å². The SMILES string of the molecule is CC(C)(C)[NH-].C[SiH](C)C1=CC=CC1.[Cl-].[Cl-].[V+3]. The molecule has 1 nitrogen and oxygen atoms in total. The summed E-state index contributed by atoms with van der Waals surface area (Å²) < 4.78 is 0. The molecule has 1 rings (SSSR count). The van der Waals surface area contributed by atoms with E-state index >= 15 is 0 Å². The molecule has 0 saturated carbocycles. The minimum absolute atomic E-state index is 0. The predicted molar refractivity (Wildman–Crippen MR) is 64.8 cm³/mol. The minimum atomic E-state index is -0.424. The fourth-order valence-electron chi connectivity index (χ4n) is 0.892. The molecule has 0 atom stereocenters. The minimum Gasteiger partial charge on any atom is -1.00 e. The van der Waals surface area contributed by atoms with E-state index in [1.807, 2.05) is 20.8 Å². The van der Waals surface area contributed by atoms with Crippen molar-refractivity contribution < 1.29 is 43.4 Å². The van der Waals surface area contributed by atoms with E-state index in [2.05, 4.69) is 31.3 Å². The normalized spacial score (nSPS) is 12.6. The van der Waals surface area contributed by atoms with Crippen molar-refractivity contribution in [3.05, 3.63) is 29.2 Å². The van der Waals surface area contributed by atoms with E-state index in [0.717, 1.165) is 0 Å². The van der Waals surface area contributed by atoms with Gasteiger partial charge in [-0.05, 0) is 6.42 Å². The van der Waals surface area contributed by atoms with Crippen molar-refractivity contribution in [2.45, 2.75) is 45.8 Å². The van der Waals surface area contributed by atoms with Gasteiger partial charge in [-0.2, -0.15) is 0 Å². The van der Waals surface area contributed by atoms with E-state index in [1.54, 1.807) is 5.20 Å². The van der Waals surface area contributed by atoms with Gasteiger partial charge < -0.3 is 30.5 Å². The molecule has 0 amide bonds. The van der Waals surface area contributed by atoms with E-state index in [-0.39, 0.29) is 48.9 Å². The van der Waals surface area contributed by atoms with Crippen LogP contribution in [0.4, 0.5) is 0 Å². The average Bonchev–Trinajstić information content (AvgIpc) is 2.31. The Bertz CT molecular complexity index is 205. The zero-order valence-electron chi connectivity index (χ0n) is 10.7. The fourth-order valence-corrected chi connectivity index (χ4v) is 2.00. The number of hydrogen-bond acceptors (Lipinski definition) is 0. The fraction of sp³-hybridized carbons (Fsp3) is 0.636. The van der Waals surface area contributed by atoms with Crippen molar-refractivity contribution >= 4 is 8.80 Å². The van der Waals surface area contributed by atoms with E-state index in [0.29, 0.717) is 0 Å². The van der Waals surface area contributed by atoms with Crippen molar-refractivity contribution in [1.82, 2.24) is 0 Å². The summed E-state index contributed by atoms with van der Waals surface area (Å²) in [5.41, 5.74) is 6.69. The van der Waals surface area contributed by atoms with Crippen LogP contribution in [0.3, 0.4) is 0 Å². The molecule has 5 heteroatoms. The Hall–Kier alpha value is 0.821. The zero-order valence-corrected chi connectivity index (χ0v) is 14.8.